The van der Waals surface area contributed by atoms with E-state index in [4.69, 9.17) is 10.8 Å². The van der Waals surface area contributed by atoms with Gasteiger partial charge in [0.25, 0.3) is 0 Å². The smallest absolute Gasteiger partial charge is 0.404 e. The fourth-order valence-electron chi connectivity index (χ4n) is 1.04. The van der Waals surface area contributed by atoms with Crippen molar-refractivity contribution in [1.29, 1.82) is 0 Å². The number of rotatable bonds is 4. The number of amides is 2. The summed E-state index contributed by atoms with van der Waals surface area (Å²) in [7, 11) is 1.65. The van der Waals surface area contributed by atoms with Crippen LogP contribution >= 0.6 is 0 Å². The lowest BCUT2D eigenvalue weighted by Crippen LogP contribution is -2.26. The Balaban J connectivity index is 2.40. The number of aromatic nitrogens is 2. The van der Waals surface area contributed by atoms with E-state index < -0.39 is 6.09 Å². The van der Waals surface area contributed by atoms with Crippen molar-refractivity contribution in [3.8, 4) is 0 Å². The van der Waals surface area contributed by atoms with Crippen LogP contribution in [0.4, 0.5) is 16.3 Å². The Bertz CT molecular complexity index is 400. The van der Waals surface area contributed by atoms with Gasteiger partial charge in [0.05, 0.1) is 6.20 Å². The van der Waals surface area contributed by atoms with Gasteiger partial charge < -0.3 is 21.5 Å². The van der Waals surface area contributed by atoms with Gasteiger partial charge in [0, 0.05) is 20.0 Å². The van der Waals surface area contributed by atoms with E-state index in [1.807, 2.05) is 0 Å². The van der Waals surface area contributed by atoms with Gasteiger partial charge in [-0.1, -0.05) is 0 Å². The van der Waals surface area contributed by atoms with Gasteiger partial charge in [0.1, 0.15) is 11.5 Å². The fourth-order valence-corrected chi connectivity index (χ4v) is 1.04. The molecule has 1 rings (SSSR count). The molecule has 0 atom stereocenters. The summed E-state index contributed by atoms with van der Waals surface area (Å²) in [5, 5.41) is 16.7. The summed E-state index contributed by atoms with van der Waals surface area (Å²) in [5.41, 5.74) is 6.02. The molecule has 0 aromatic carbocycles. The van der Waals surface area contributed by atoms with Crippen molar-refractivity contribution in [2.45, 2.75) is 6.42 Å². The SMILES string of the molecule is Cn1ncc(NC(=O)CCNC(=O)O)c1N. The molecular formula is C8H13N5O3. The number of nitrogens with two attached hydrogens (primary N) is 1. The first-order valence-corrected chi connectivity index (χ1v) is 4.55. The molecule has 0 aliphatic rings. The zero-order valence-electron chi connectivity index (χ0n) is 8.73. The summed E-state index contributed by atoms with van der Waals surface area (Å²) in [6, 6.07) is 0. The molecule has 1 aromatic heterocycles. The van der Waals surface area contributed by atoms with Crippen LogP contribution in [-0.2, 0) is 11.8 Å². The minimum atomic E-state index is -1.16. The molecule has 0 bridgehead atoms. The predicted molar refractivity (Wildman–Crippen MR) is 56.9 cm³/mol. The van der Waals surface area contributed by atoms with Gasteiger partial charge in [0.15, 0.2) is 0 Å². The van der Waals surface area contributed by atoms with Gasteiger partial charge in [-0.05, 0) is 0 Å². The van der Waals surface area contributed by atoms with E-state index in [0.29, 0.717) is 11.5 Å². The largest absolute Gasteiger partial charge is 0.465 e. The minimum Gasteiger partial charge on any atom is -0.465 e. The molecule has 16 heavy (non-hydrogen) atoms. The predicted octanol–water partition coefficient (Wildman–Crippen LogP) is -0.401. The Morgan fingerprint density at radius 2 is 2.31 bits per heavy atom. The second kappa shape index (κ2) is 5.01. The van der Waals surface area contributed by atoms with E-state index >= 15 is 0 Å². The number of nitrogens with one attached hydrogen (secondary N) is 2. The normalized spacial score (nSPS) is 9.81. The molecule has 0 saturated heterocycles. The first-order valence-electron chi connectivity index (χ1n) is 4.55. The van der Waals surface area contributed by atoms with Crippen LogP contribution in [0.5, 0.6) is 0 Å². The van der Waals surface area contributed by atoms with E-state index in [9.17, 15) is 9.59 Å². The quantitative estimate of drug-likeness (QED) is 0.557. The molecule has 1 heterocycles. The van der Waals surface area contributed by atoms with E-state index in [1.165, 1.54) is 10.9 Å². The van der Waals surface area contributed by atoms with Gasteiger partial charge >= 0.3 is 6.09 Å². The highest BCUT2D eigenvalue weighted by atomic mass is 16.4. The molecule has 0 unspecified atom stereocenters. The molecule has 5 N–H and O–H groups in total. The molecule has 0 fully saturated rings. The van der Waals surface area contributed by atoms with Crippen molar-refractivity contribution >= 4 is 23.5 Å². The summed E-state index contributed by atoms with van der Waals surface area (Å²) in [6.07, 6.45) is 0.312. The third kappa shape index (κ3) is 3.15. The van der Waals surface area contributed by atoms with Crippen molar-refractivity contribution in [1.82, 2.24) is 15.1 Å². The maximum absolute atomic E-state index is 11.3. The third-order valence-corrected chi connectivity index (χ3v) is 1.89. The van der Waals surface area contributed by atoms with Crippen LogP contribution in [-0.4, -0.2) is 33.4 Å². The minimum absolute atomic E-state index is 0.0423. The molecule has 0 spiro atoms. The number of carboxylic acid groups (broad SMARTS) is 1. The van der Waals surface area contributed by atoms with Crippen LogP contribution < -0.4 is 16.4 Å². The first kappa shape index (κ1) is 11.8. The average Bonchev–Trinajstić information content (AvgIpc) is 2.49. The Morgan fingerprint density at radius 1 is 1.62 bits per heavy atom. The van der Waals surface area contributed by atoms with Crippen molar-refractivity contribution in [3.05, 3.63) is 6.20 Å². The number of nitrogen functional groups attached to an aromatic ring is 1. The molecule has 0 saturated carbocycles. The lowest BCUT2D eigenvalue weighted by Gasteiger charge is -2.04. The van der Waals surface area contributed by atoms with Gasteiger partial charge in [-0.2, -0.15) is 5.10 Å². The summed E-state index contributed by atoms with van der Waals surface area (Å²) >= 11 is 0. The van der Waals surface area contributed by atoms with E-state index in [2.05, 4.69) is 15.7 Å². The number of carbonyl (C=O) groups excluding carboxylic acids is 1. The molecule has 88 valence electrons. The monoisotopic (exact) mass is 227 g/mol. The number of hydrogen-bond acceptors (Lipinski definition) is 4. The average molecular weight is 227 g/mol. The second-order valence-electron chi connectivity index (χ2n) is 3.10. The van der Waals surface area contributed by atoms with Crippen molar-refractivity contribution in [2.75, 3.05) is 17.6 Å². The summed E-state index contributed by atoms with van der Waals surface area (Å²) in [5.74, 6) is 0.0213. The molecule has 0 aliphatic carbocycles. The van der Waals surface area contributed by atoms with E-state index in [1.54, 1.807) is 7.05 Å². The standard InChI is InChI=1S/C8H13N5O3/c1-13-7(9)5(4-11-13)12-6(14)2-3-10-8(15)16/h4,10H,2-3,9H2,1H3,(H,12,14)(H,15,16). The van der Waals surface area contributed by atoms with Crippen LogP contribution in [0.3, 0.4) is 0 Å². The van der Waals surface area contributed by atoms with Crippen LogP contribution in [0.15, 0.2) is 6.20 Å². The Kier molecular flexibility index (Phi) is 3.70. The lowest BCUT2D eigenvalue weighted by atomic mass is 10.4. The van der Waals surface area contributed by atoms with Crippen molar-refractivity contribution in [2.24, 2.45) is 7.05 Å². The Morgan fingerprint density at radius 3 is 2.81 bits per heavy atom. The van der Waals surface area contributed by atoms with Gasteiger partial charge in [-0.15, -0.1) is 0 Å². The maximum atomic E-state index is 11.3. The number of hydrogen-bond donors (Lipinski definition) is 4. The third-order valence-electron chi connectivity index (χ3n) is 1.89. The number of nitrogens with zero attached hydrogens (tertiary/aromatic N) is 2. The first-order chi connectivity index (χ1) is 7.50. The molecule has 2 amide bonds. The Labute approximate surface area is 91.4 Å². The van der Waals surface area contributed by atoms with Gasteiger partial charge in [-0.3, -0.25) is 9.48 Å². The van der Waals surface area contributed by atoms with Crippen LogP contribution in [0.2, 0.25) is 0 Å². The summed E-state index contributed by atoms with van der Waals surface area (Å²) < 4.78 is 1.42. The molecule has 8 nitrogen and oxygen atoms in total. The highest BCUT2D eigenvalue weighted by molar-refractivity contribution is 5.93. The second-order valence-corrected chi connectivity index (χ2v) is 3.10. The number of aryl methyl sites for hydroxylation is 1. The maximum Gasteiger partial charge on any atom is 0.404 e. The molecular weight excluding hydrogens is 214 g/mol. The van der Waals surface area contributed by atoms with Gasteiger partial charge in [0.2, 0.25) is 5.91 Å². The highest BCUT2D eigenvalue weighted by Crippen LogP contribution is 2.15. The number of anilines is 2. The number of carbonyl (C=O) groups is 2. The van der Waals surface area contributed by atoms with Crippen LogP contribution in [0.25, 0.3) is 0 Å². The molecule has 8 heteroatoms. The molecule has 0 aliphatic heterocycles. The topological polar surface area (TPSA) is 122 Å². The lowest BCUT2D eigenvalue weighted by molar-refractivity contribution is -0.116. The Hall–Kier alpha value is -2.25. The van der Waals surface area contributed by atoms with Crippen molar-refractivity contribution in [3.63, 3.8) is 0 Å². The summed E-state index contributed by atoms with van der Waals surface area (Å²) in [6.45, 7) is 0.0569. The molecule has 1 aromatic rings. The van der Waals surface area contributed by atoms with Gasteiger partial charge in [-0.25, -0.2) is 4.79 Å². The molecule has 0 radical (unpaired) electrons. The van der Waals surface area contributed by atoms with Crippen molar-refractivity contribution < 1.29 is 14.7 Å². The van der Waals surface area contributed by atoms with Crippen LogP contribution in [0.1, 0.15) is 6.42 Å². The van der Waals surface area contributed by atoms with E-state index in [-0.39, 0.29) is 18.9 Å². The summed E-state index contributed by atoms with van der Waals surface area (Å²) in [4.78, 5) is 21.4. The van der Waals surface area contributed by atoms with E-state index in [0.717, 1.165) is 0 Å². The highest BCUT2D eigenvalue weighted by Gasteiger charge is 2.08. The van der Waals surface area contributed by atoms with Crippen LogP contribution in [0, 0.1) is 0 Å². The fraction of sp³-hybridized carbons (Fsp3) is 0.375. The zero-order chi connectivity index (χ0) is 12.1. The zero-order valence-corrected chi connectivity index (χ0v) is 8.73.